The van der Waals surface area contributed by atoms with Crippen molar-refractivity contribution in [1.29, 1.82) is 0 Å². The van der Waals surface area contributed by atoms with Crippen LogP contribution < -0.4 is 10.2 Å². The van der Waals surface area contributed by atoms with Crippen LogP contribution >= 0.6 is 11.3 Å². The highest BCUT2D eigenvalue weighted by molar-refractivity contribution is 7.16. The zero-order valence-corrected chi connectivity index (χ0v) is 16.4. The second-order valence-corrected chi connectivity index (χ2v) is 7.08. The quantitative estimate of drug-likeness (QED) is 0.602. The Labute approximate surface area is 167 Å². The van der Waals surface area contributed by atoms with Crippen molar-refractivity contribution in [2.45, 2.75) is 0 Å². The van der Waals surface area contributed by atoms with Crippen LogP contribution in [0.25, 0.3) is 16.5 Å². The molecule has 3 aromatic rings. The molecule has 28 heavy (non-hydrogen) atoms. The summed E-state index contributed by atoms with van der Waals surface area (Å²) >= 11 is 1.63. The summed E-state index contributed by atoms with van der Waals surface area (Å²) < 4.78 is 4.67. The van der Waals surface area contributed by atoms with Gasteiger partial charge in [-0.3, -0.25) is 9.69 Å². The number of hydrogen-bond acceptors (Lipinski definition) is 4. The van der Waals surface area contributed by atoms with E-state index in [4.69, 9.17) is 0 Å². The van der Waals surface area contributed by atoms with E-state index in [9.17, 15) is 9.59 Å². The van der Waals surface area contributed by atoms with Gasteiger partial charge in [0.1, 0.15) is 0 Å². The number of ether oxygens (including phenoxy) is 1. The minimum Gasteiger partial charge on any atom is -0.452 e. The average Bonchev–Trinajstić information content (AvgIpc) is 3.21. The van der Waals surface area contributed by atoms with Crippen LogP contribution in [0.4, 0.5) is 16.2 Å². The van der Waals surface area contributed by atoms with Crippen LogP contribution in [0, 0.1) is 0 Å². The average molecular weight is 392 g/mol. The summed E-state index contributed by atoms with van der Waals surface area (Å²) in [5, 5.41) is 2.80. The van der Waals surface area contributed by atoms with Crippen molar-refractivity contribution in [3.8, 4) is 10.4 Å². The van der Waals surface area contributed by atoms with Crippen molar-refractivity contribution in [2.75, 3.05) is 24.4 Å². The predicted molar refractivity (Wildman–Crippen MR) is 115 cm³/mol. The monoisotopic (exact) mass is 392 g/mol. The van der Waals surface area contributed by atoms with E-state index in [-0.39, 0.29) is 5.91 Å². The number of methoxy groups -OCH3 is 1. The van der Waals surface area contributed by atoms with Gasteiger partial charge in [-0.2, -0.15) is 0 Å². The summed E-state index contributed by atoms with van der Waals surface area (Å²) in [6.45, 7) is 0. The number of benzene rings is 2. The van der Waals surface area contributed by atoms with Gasteiger partial charge in [0.25, 0.3) is 0 Å². The fraction of sp³-hybridized carbons (Fsp3) is 0.0909. The minimum atomic E-state index is -0.453. The molecule has 0 fully saturated rings. The zero-order valence-electron chi connectivity index (χ0n) is 15.6. The van der Waals surface area contributed by atoms with E-state index < -0.39 is 6.09 Å². The summed E-state index contributed by atoms with van der Waals surface area (Å²) in [4.78, 5) is 27.2. The highest BCUT2D eigenvalue weighted by Gasteiger charge is 2.10. The van der Waals surface area contributed by atoms with Gasteiger partial charge in [-0.05, 0) is 48.0 Å². The van der Waals surface area contributed by atoms with Crippen LogP contribution in [0.15, 0.2) is 72.8 Å². The first-order valence-corrected chi connectivity index (χ1v) is 9.44. The Morgan fingerprint density at radius 1 is 1.00 bits per heavy atom. The molecule has 0 aliphatic carbocycles. The Morgan fingerprint density at radius 2 is 1.71 bits per heavy atom. The molecule has 0 aliphatic rings. The topological polar surface area (TPSA) is 58.6 Å². The first-order valence-electron chi connectivity index (χ1n) is 8.63. The summed E-state index contributed by atoms with van der Waals surface area (Å²) in [7, 11) is 2.95. The van der Waals surface area contributed by atoms with Crippen molar-refractivity contribution in [3.63, 3.8) is 0 Å². The van der Waals surface area contributed by atoms with Gasteiger partial charge in [-0.25, -0.2) is 4.79 Å². The molecule has 0 unspecified atom stereocenters. The van der Waals surface area contributed by atoms with E-state index in [2.05, 4.69) is 22.2 Å². The number of carbonyl (C=O) groups excluding carboxylic acids is 2. The third kappa shape index (κ3) is 4.86. The molecule has 0 saturated heterocycles. The van der Waals surface area contributed by atoms with E-state index in [1.54, 1.807) is 48.7 Å². The normalized spacial score (nSPS) is 10.6. The van der Waals surface area contributed by atoms with Crippen LogP contribution in [0.5, 0.6) is 0 Å². The van der Waals surface area contributed by atoms with Gasteiger partial charge < -0.3 is 10.1 Å². The molecule has 2 amide bonds. The number of nitrogens with zero attached hydrogens (tertiary/aromatic N) is 1. The van der Waals surface area contributed by atoms with Gasteiger partial charge in [-0.15, -0.1) is 11.3 Å². The van der Waals surface area contributed by atoms with E-state index in [0.717, 1.165) is 15.3 Å². The number of amides is 2. The summed E-state index contributed by atoms with van der Waals surface area (Å²) in [5.41, 5.74) is 2.48. The van der Waals surface area contributed by atoms with Gasteiger partial charge >= 0.3 is 6.09 Å². The first-order chi connectivity index (χ1) is 13.6. The smallest absolute Gasteiger partial charge is 0.413 e. The van der Waals surface area contributed by atoms with E-state index >= 15 is 0 Å². The largest absolute Gasteiger partial charge is 0.452 e. The molecule has 1 aromatic heterocycles. The lowest BCUT2D eigenvalue weighted by atomic mass is 10.2. The maximum atomic E-state index is 12.2. The fourth-order valence-electron chi connectivity index (χ4n) is 2.55. The number of hydrogen-bond donors (Lipinski definition) is 1. The first kappa shape index (κ1) is 19.4. The Bertz CT molecular complexity index is 979. The molecule has 5 nitrogen and oxygen atoms in total. The van der Waals surface area contributed by atoms with Crippen molar-refractivity contribution < 1.29 is 14.3 Å². The van der Waals surface area contributed by atoms with Crippen molar-refractivity contribution >= 4 is 40.8 Å². The molecule has 1 heterocycles. The molecule has 142 valence electrons. The van der Waals surface area contributed by atoms with Crippen LogP contribution in [-0.2, 0) is 9.53 Å². The Morgan fingerprint density at radius 3 is 2.39 bits per heavy atom. The fourth-order valence-corrected chi connectivity index (χ4v) is 3.47. The molecule has 1 N–H and O–H groups in total. The summed E-state index contributed by atoms with van der Waals surface area (Å²) in [5.74, 6) is -0.219. The van der Waals surface area contributed by atoms with Gasteiger partial charge in [0.15, 0.2) is 0 Å². The van der Waals surface area contributed by atoms with Crippen LogP contribution in [-0.4, -0.2) is 26.2 Å². The zero-order chi connectivity index (χ0) is 19.9. The highest BCUT2D eigenvalue weighted by Crippen LogP contribution is 2.28. The molecule has 0 saturated carbocycles. The van der Waals surface area contributed by atoms with Crippen LogP contribution in [0.2, 0.25) is 0 Å². The lowest BCUT2D eigenvalue weighted by molar-refractivity contribution is -0.111. The molecule has 0 radical (unpaired) electrons. The molecule has 0 atom stereocenters. The molecule has 6 heteroatoms. The van der Waals surface area contributed by atoms with Crippen molar-refractivity contribution in [3.05, 3.63) is 77.7 Å². The molecule has 3 rings (SSSR count). The SMILES string of the molecule is COC(=O)N(C)c1ccc(NC(=O)C=Cc2ccc(-c3ccccc3)s2)cc1. The number of rotatable bonds is 5. The number of thiophene rings is 1. The Hall–Kier alpha value is -3.38. The maximum absolute atomic E-state index is 12.2. The van der Waals surface area contributed by atoms with E-state index in [1.165, 1.54) is 18.1 Å². The number of anilines is 2. The minimum absolute atomic E-state index is 0.219. The lowest BCUT2D eigenvalue weighted by Crippen LogP contribution is -2.25. The summed E-state index contributed by atoms with van der Waals surface area (Å²) in [6.07, 6.45) is 2.85. The molecular formula is C22H20N2O3S. The third-order valence-corrected chi connectivity index (χ3v) is 5.15. The van der Waals surface area contributed by atoms with Gasteiger partial charge in [0, 0.05) is 34.3 Å². The van der Waals surface area contributed by atoms with E-state index in [1.807, 2.05) is 30.3 Å². The summed E-state index contributed by atoms with van der Waals surface area (Å²) in [6, 6.07) is 21.1. The molecular weight excluding hydrogens is 372 g/mol. The molecule has 0 bridgehead atoms. The third-order valence-electron chi connectivity index (χ3n) is 4.05. The number of carbonyl (C=O) groups is 2. The molecule has 0 aliphatic heterocycles. The Balaban J connectivity index is 1.60. The second kappa shape index (κ2) is 9.01. The van der Waals surface area contributed by atoms with Crippen molar-refractivity contribution in [2.24, 2.45) is 0 Å². The predicted octanol–water partition coefficient (Wildman–Crippen LogP) is 5.27. The van der Waals surface area contributed by atoms with Crippen LogP contribution in [0.1, 0.15) is 4.88 Å². The standard InChI is InChI=1S/C22H20N2O3S/c1-24(22(26)27-2)18-10-8-17(9-11-18)23-21(25)15-13-19-12-14-20(28-19)16-6-4-3-5-7-16/h3-15H,1-2H3,(H,23,25). The van der Waals surface area contributed by atoms with E-state index in [0.29, 0.717) is 11.4 Å². The van der Waals surface area contributed by atoms with Gasteiger partial charge in [-0.1, -0.05) is 30.3 Å². The van der Waals surface area contributed by atoms with Gasteiger partial charge in [0.05, 0.1) is 7.11 Å². The lowest BCUT2D eigenvalue weighted by Gasteiger charge is -2.15. The maximum Gasteiger partial charge on any atom is 0.413 e. The molecule has 2 aromatic carbocycles. The van der Waals surface area contributed by atoms with Crippen molar-refractivity contribution in [1.82, 2.24) is 0 Å². The second-order valence-electron chi connectivity index (χ2n) is 5.97. The van der Waals surface area contributed by atoms with Gasteiger partial charge in [0.2, 0.25) is 5.91 Å². The molecule has 0 spiro atoms. The highest BCUT2D eigenvalue weighted by atomic mass is 32.1. The number of nitrogens with one attached hydrogen (secondary N) is 1. The van der Waals surface area contributed by atoms with Crippen LogP contribution in [0.3, 0.4) is 0 Å². The Kier molecular flexibility index (Phi) is 6.24.